The zero-order valence-corrected chi connectivity index (χ0v) is 14.4. The van der Waals surface area contributed by atoms with Gasteiger partial charge in [0.1, 0.15) is 5.75 Å². The Bertz CT molecular complexity index is 931. The van der Waals surface area contributed by atoms with E-state index in [1.165, 1.54) is 12.1 Å². The zero-order chi connectivity index (χ0) is 19.2. The highest BCUT2D eigenvalue weighted by Crippen LogP contribution is 2.24. The first-order chi connectivity index (χ1) is 13.0. The molecule has 0 spiro atoms. The number of benzene rings is 2. The van der Waals surface area contributed by atoms with Crippen molar-refractivity contribution in [2.45, 2.75) is 13.5 Å². The monoisotopic (exact) mass is 369 g/mol. The molecule has 3 rings (SSSR count). The lowest BCUT2D eigenvalue weighted by Gasteiger charge is -2.13. The van der Waals surface area contributed by atoms with Crippen LogP contribution >= 0.6 is 0 Å². The molecule has 2 aromatic carbocycles. The number of aryl methyl sites for hydroxylation is 1. The van der Waals surface area contributed by atoms with Crippen molar-refractivity contribution >= 4 is 23.0 Å². The number of alkyl halides is 2. The van der Waals surface area contributed by atoms with Gasteiger partial charge >= 0.3 is 6.61 Å². The Morgan fingerprint density at radius 1 is 1.04 bits per heavy atom. The molecule has 7 heteroatoms. The summed E-state index contributed by atoms with van der Waals surface area (Å²) in [6.07, 6.45) is 3.24. The van der Waals surface area contributed by atoms with Gasteiger partial charge in [-0.3, -0.25) is 9.78 Å². The number of aromatic nitrogens is 1. The standard InChI is InChI=1S/C20H17F2N3O2/c1-13-10-11-23-12-18(13)25-19(26)16-4-2-3-5-17(16)24-14-6-8-15(9-7-14)27-20(21)22/h2-12,20,24H,1H3,(H,25,26). The number of carbonyl (C=O) groups is 1. The Balaban J connectivity index is 1.77. The Kier molecular flexibility index (Phi) is 5.61. The van der Waals surface area contributed by atoms with Crippen molar-refractivity contribution in [3.05, 3.63) is 78.1 Å². The fourth-order valence-electron chi connectivity index (χ4n) is 2.45. The van der Waals surface area contributed by atoms with Crippen LogP contribution in [0.3, 0.4) is 0 Å². The second kappa shape index (κ2) is 8.27. The lowest BCUT2D eigenvalue weighted by atomic mass is 10.1. The van der Waals surface area contributed by atoms with E-state index in [9.17, 15) is 13.6 Å². The molecule has 3 aromatic rings. The molecular weight excluding hydrogens is 352 g/mol. The number of amides is 1. The summed E-state index contributed by atoms with van der Waals surface area (Å²) in [4.78, 5) is 16.7. The third-order valence-corrected chi connectivity index (χ3v) is 3.82. The molecule has 1 amide bonds. The number of carbonyl (C=O) groups excluding carboxylic acids is 1. The van der Waals surface area contributed by atoms with Crippen LogP contribution in [0.15, 0.2) is 67.0 Å². The van der Waals surface area contributed by atoms with Crippen LogP contribution in [0.2, 0.25) is 0 Å². The number of rotatable bonds is 6. The molecule has 138 valence electrons. The second-order valence-electron chi connectivity index (χ2n) is 5.72. The molecule has 5 nitrogen and oxygen atoms in total. The van der Waals surface area contributed by atoms with Crippen LogP contribution in [0.25, 0.3) is 0 Å². The summed E-state index contributed by atoms with van der Waals surface area (Å²) in [7, 11) is 0. The predicted molar refractivity (Wildman–Crippen MR) is 99.7 cm³/mol. The van der Waals surface area contributed by atoms with Gasteiger partial charge in [-0.05, 0) is 55.0 Å². The van der Waals surface area contributed by atoms with Crippen LogP contribution in [0.1, 0.15) is 15.9 Å². The second-order valence-corrected chi connectivity index (χ2v) is 5.72. The molecule has 0 unspecified atom stereocenters. The molecule has 1 heterocycles. The predicted octanol–water partition coefficient (Wildman–Crippen LogP) is 4.99. The van der Waals surface area contributed by atoms with Crippen molar-refractivity contribution in [2.24, 2.45) is 0 Å². The van der Waals surface area contributed by atoms with Crippen molar-refractivity contribution in [1.82, 2.24) is 4.98 Å². The molecule has 0 bridgehead atoms. The Morgan fingerprint density at radius 3 is 2.48 bits per heavy atom. The first kappa shape index (κ1) is 18.3. The quantitative estimate of drug-likeness (QED) is 0.643. The molecule has 0 saturated carbocycles. The topological polar surface area (TPSA) is 63.2 Å². The minimum absolute atomic E-state index is 0.0635. The molecular formula is C20H17F2N3O2. The highest BCUT2D eigenvalue weighted by atomic mass is 19.3. The largest absolute Gasteiger partial charge is 0.435 e. The van der Waals surface area contributed by atoms with Gasteiger partial charge in [-0.25, -0.2) is 0 Å². The normalized spacial score (nSPS) is 10.5. The van der Waals surface area contributed by atoms with E-state index in [0.717, 1.165) is 5.56 Å². The van der Waals surface area contributed by atoms with Crippen molar-refractivity contribution in [3.63, 3.8) is 0 Å². The Hall–Kier alpha value is -3.48. The summed E-state index contributed by atoms with van der Waals surface area (Å²) in [5, 5.41) is 5.95. The molecule has 0 aliphatic heterocycles. The van der Waals surface area contributed by atoms with E-state index >= 15 is 0 Å². The van der Waals surface area contributed by atoms with Crippen LogP contribution in [0.4, 0.5) is 25.8 Å². The van der Waals surface area contributed by atoms with Gasteiger partial charge in [-0.2, -0.15) is 8.78 Å². The molecule has 0 saturated heterocycles. The highest BCUT2D eigenvalue weighted by Gasteiger charge is 2.13. The van der Waals surface area contributed by atoms with E-state index in [-0.39, 0.29) is 11.7 Å². The molecule has 0 aliphatic rings. The summed E-state index contributed by atoms with van der Waals surface area (Å²) in [5.41, 5.74) is 3.19. The van der Waals surface area contributed by atoms with Crippen LogP contribution in [0, 0.1) is 6.92 Å². The van der Waals surface area contributed by atoms with Gasteiger partial charge in [-0.1, -0.05) is 12.1 Å². The van der Waals surface area contributed by atoms with Gasteiger partial charge < -0.3 is 15.4 Å². The van der Waals surface area contributed by atoms with Gasteiger partial charge in [0, 0.05) is 11.9 Å². The maximum atomic E-state index is 12.7. The van der Waals surface area contributed by atoms with Crippen LogP contribution < -0.4 is 15.4 Å². The first-order valence-corrected chi connectivity index (χ1v) is 8.16. The molecule has 0 fully saturated rings. The van der Waals surface area contributed by atoms with Gasteiger partial charge in [0.05, 0.1) is 23.1 Å². The van der Waals surface area contributed by atoms with Crippen LogP contribution in [0.5, 0.6) is 5.75 Å². The smallest absolute Gasteiger partial charge is 0.387 e. The average Bonchev–Trinajstić information content (AvgIpc) is 2.65. The minimum atomic E-state index is -2.87. The fourth-order valence-corrected chi connectivity index (χ4v) is 2.45. The molecule has 27 heavy (non-hydrogen) atoms. The molecule has 0 radical (unpaired) electrons. The number of nitrogens with zero attached hydrogens (tertiary/aromatic N) is 1. The van der Waals surface area contributed by atoms with E-state index in [0.29, 0.717) is 22.6 Å². The van der Waals surface area contributed by atoms with Gasteiger partial charge in [0.2, 0.25) is 0 Å². The summed E-state index contributed by atoms with van der Waals surface area (Å²) < 4.78 is 28.8. The number of anilines is 3. The van der Waals surface area contributed by atoms with Gasteiger partial charge in [0.25, 0.3) is 5.91 Å². The maximum absolute atomic E-state index is 12.7. The number of hydrogen-bond acceptors (Lipinski definition) is 4. The lowest BCUT2D eigenvalue weighted by molar-refractivity contribution is -0.0498. The number of ether oxygens (including phenoxy) is 1. The minimum Gasteiger partial charge on any atom is -0.435 e. The van der Waals surface area contributed by atoms with Crippen molar-refractivity contribution in [1.29, 1.82) is 0 Å². The van der Waals surface area contributed by atoms with Gasteiger partial charge in [0.15, 0.2) is 0 Å². The fraction of sp³-hybridized carbons (Fsp3) is 0.100. The third-order valence-electron chi connectivity index (χ3n) is 3.82. The molecule has 0 atom stereocenters. The van der Waals surface area contributed by atoms with Crippen molar-refractivity contribution in [3.8, 4) is 5.75 Å². The number of halogens is 2. The van der Waals surface area contributed by atoms with Crippen molar-refractivity contribution < 1.29 is 18.3 Å². The molecule has 0 aliphatic carbocycles. The summed E-state index contributed by atoms with van der Waals surface area (Å²) in [6.45, 7) is -0.992. The Morgan fingerprint density at radius 2 is 1.78 bits per heavy atom. The third kappa shape index (κ3) is 4.78. The molecule has 2 N–H and O–H groups in total. The summed E-state index contributed by atoms with van der Waals surface area (Å²) in [6, 6.07) is 14.9. The summed E-state index contributed by atoms with van der Waals surface area (Å²) in [5.74, 6) is -0.222. The maximum Gasteiger partial charge on any atom is 0.387 e. The number of hydrogen-bond donors (Lipinski definition) is 2. The number of pyridine rings is 1. The number of nitrogens with one attached hydrogen (secondary N) is 2. The van der Waals surface area contributed by atoms with E-state index in [1.807, 2.05) is 13.0 Å². The summed E-state index contributed by atoms with van der Waals surface area (Å²) >= 11 is 0. The van der Waals surface area contributed by atoms with E-state index < -0.39 is 6.61 Å². The zero-order valence-electron chi connectivity index (χ0n) is 14.4. The lowest BCUT2D eigenvalue weighted by Crippen LogP contribution is -2.14. The highest BCUT2D eigenvalue weighted by molar-refractivity contribution is 6.08. The number of para-hydroxylation sites is 1. The van der Waals surface area contributed by atoms with E-state index in [1.54, 1.807) is 48.8 Å². The van der Waals surface area contributed by atoms with E-state index in [4.69, 9.17) is 0 Å². The van der Waals surface area contributed by atoms with Crippen molar-refractivity contribution in [2.75, 3.05) is 10.6 Å². The SMILES string of the molecule is Cc1ccncc1NC(=O)c1ccccc1Nc1ccc(OC(F)F)cc1. The molecule has 1 aromatic heterocycles. The average molecular weight is 369 g/mol. The Labute approximate surface area is 155 Å². The van der Waals surface area contributed by atoms with Crippen LogP contribution in [-0.2, 0) is 0 Å². The first-order valence-electron chi connectivity index (χ1n) is 8.16. The van der Waals surface area contributed by atoms with Crippen LogP contribution in [-0.4, -0.2) is 17.5 Å². The van der Waals surface area contributed by atoms with Gasteiger partial charge in [-0.15, -0.1) is 0 Å². The van der Waals surface area contributed by atoms with E-state index in [2.05, 4.69) is 20.4 Å².